The first kappa shape index (κ1) is 9.03. The summed E-state index contributed by atoms with van der Waals surface area (Å²) in [5, 5.41) is 4.78. The number of thioether (sulfide) groups is 1. The van der Waals surface area contributed by atoms with Gasteiger partial charge < -0.3 is 4.42 Å². The standard InChI is InChI=1S/C10H10N2O2S/c13-10-8-1-3-14-9(8)5-11-12(10)7-2-4-15-6-7/h1,3,5,7H,2,4,6H2. The number of hydrogen-bond donors (Lipinski definition) is 0. The minimum absolute atomic E-state index is 0.0336. The summed E-state index contributed by atoms with van der Waals surface area (Å²) < 4.78 is 6.73. The lowest BCUT2D eigenvalue weighted by molar-refractivity contribution is 0.477. The number of furan rings is 1. The minimum Gasteiger partial charge on any atom is -0.462 e. The lowest BCUT2D eigenvalue weighted by Crippen LogP contribution is -2.26. The van der Waals surface area contributed by atoms with Crippen LogP contribution < -0.4 is 5.56 Å². The first-order valence-corrected chi connectivity index (χ1v) is 6.04. The third-order valence-corrected chi connectivity index (χ3v) is 3.83. The van der Waals surface area contributed by atoms with Crippen LogP contribution in [-0.2, 0) is 0 Å². The van der Waals surface area contributed by atoms with Crippen molar-refractivity contribution in [3.63, 3.8) is 0 Å². The molecule has 0 N–H and O–H groups in total. The molecule has 3 heterocycles. The summed E-state index contributed by atoms with van der Waals surface area (Å²) in [6.07, 6.45) is 4.18. The van der Waals surface area contributed by atoms with Gasteiger partial charge in [-0.25, -0.2) is 4.68 Å². The molecule has 2 aromatic rings. The van der Waals surface area contributed by atoms with Gasteiger partial charge in [-0.05, 0) is 18.2 Å². The molecule has 1 atom stereocenters. The minimum atomic E-state index is -0.0336. The van der Waals surface area contributed by atoms with Crippen molar-refractivity contribution in [3.8, 4) is 0 Å². The molecule has 5 heteroatoms. The second kappa shape index (κ2) is 3.41. The molecule has 0 aliphatic carbocycles. The van der Waals surface area contributed by atoms with Crippen molar-refractivity contribution in [1.29, 1.82) is 0 Å². The van der Waals surface area contributed by atoms with E-state index in [0.29, 0.717) is 11.0 Å². The van der Waals surface area contributed by atoms with Gasteiger partial charge in [0.05, 0.1) is 23.9 Å². The first-order chi connectivity index (χ1) is 7.36. The van der Waals surface area contributed by atoms with Crippen molar-refractivity contribution < 1.29 is 4.42 Å². The fourth-order valence-corrected chi connectivity index (χ4v) is 3.05. The molecular formula is C10H10N2O2S. The highest BCUT2D eigenvalue weighted by atomic mass is 32.2. The molecular weight excluding hydrogens is 212 g/mol. The topological polar surface area (TPSA) is 48.0 Å². The zero-order valence-electron chi connectivity index (χ0n) is 8.05. The summed E-state index contributed by atoms with van der Waals surface area (Å²) in [7, 11) is 0. The molecule has 0 aromatic carbocycles. The summed E-state index contributed by atoms with van der Waals surface area (Å²) in [4.78, 5) is 12.0. The molecule has 0 radical (unpaired) electrons. The van der Waals surface area contributed by atoms with Crippen LogP contribution in [-0.4, -0.2) is 21.3 Å². The molecule has 2 aromatic heterocycles. The Morgan fingerprint density at radius 2 is 2.53 bits per heavy atom. The summed E-state index contributed by atoms with van der Waals surface area (Å²) in [6, 6.07) is 1.96. The Morgan fingerprint density at radius 1 is 1.60 bits per heavy atom. The summed E-state index contributed by atoms with van der Waals surface area (Å²) in [5.41, 5.74) is 0.538. The van der Waals surface area contributed by atoms with E-state index in [1.54, 1.807) is 16.9 Å². The average Bonchev–Trinajstić information content (AvgIpc) is 2.87. The van der Waals surface area contributed by atoms with Crippen LogP contribution in [0.1, 0.15) is 12.5 Å². The highest BCUT2D eigenvalue weighted by Crippen LogP contribution is 2.26. The van der Waals surface area contributed by atoms with Crippen LogP contribution in [0.3, 0.4) is 0 Å². The van der Waals surface area contributed by atoms with E-state index in [1.165, 1.54) is 6.26 Å². The van der Waals surface area contributed by atoms with E-state index in [1.807, 2.05) is 11.8 Å². The van der Waals surface area contributed by atoms with E-state index in [2.05, 4.69) is 5.10 Å². The van der Waals surface area contributed by atoms with Gasteiger partial charge in [0.2, 0.25) is 0 Å². The number of hydrogen-bond acceptors (Lipinski definition) is 4. The van der Waals surface area contributed by atoms with Crippen molar-refractivity contribution in [1.82, 2.24) is 9.78 Å². The molecule has 0 saturated carbocycles. The van der Waals surface area contributed by atoms with Crippen LogP contribution in [0.2, 0.25) is 0 Å². The third-order valence-electron chi connectivity index (χ3n) is 2.68. The molecule has 78 valence electrons. The molecule has 0 bridgehead atoms. The van der Waals surface area contributed by atoms with Crippen LogP contribution in [0.4, 0.5) is 0 Å². The Hall–Kier alpha value is -1.23. The van der Waals surface area contributed by atoms with Crippen LogP contribution in [0, 0.1) is 0 Å². The van der Waals surface area contributed by atoms with Crippen molar-refractivity contribution >= 4 is 22.7 Å². The highest BCUT2D eigenvalue weighted by Gasteiger charge is 2.20. The number of aromatic nitrogens is 2. The van der Waals surface area contributed by atoms with E-state index in [9.17, 15) is 4.79 Å². The molecule has 1 aliphatic rings. The van der Waals surface area contributed by atoms with Gasteiger partial charge in [-0.15, -0.1) is 0 Å². The maximum Gasteiger partial charge on any atom is 0.278 e. The molecule has 3 rings (SSSR count). The monoisotopic (exact) mass is 222 g/mol. The van der Waals surface area contributed by atoms with Crippen molar-refractivity contribution in [3.05, 3.63) is 28.9 Å². The van der Waals surface area contributed by atoms with Crippen LogP contribution in [0.5, 0.6) is 0 Å². The van der Waals surface area contributed by atoms with Gasteiger partial charge in [0.15, 0.2) is 5.58 Å². The lowest BCUT2D eigenvalue weighted by Gasteiger charge is -2.09. The van der Waals surface area contributed by atoms with Crippen LogP contribution in [0.25, 0.3) is 11.0 Å². The predicted octanol–water partition coefficient (Wildman–Crippen LogP) is 1.67. The second-order valence-corrected chi connectivity index (χ2v) is 4.76. The van der Waals surface area contributed by atoms with Crippen molar-refractivity contribution in [2.24, 2.45) is 0 Å². The second-order valence-electron chi connectivity index (χ2n) is 3.61. The Labute approximate surface area is 90.3 Å². The number of rotatable bonds is 1. The predicted molar refractivity (Wildman–Crippen MR) is 59.2 cm³/mol. The van der Waals surface area contributed by atoms with Gasteiger partial charge in [-0.3, -0.25) is 4.79 Å². The van der Waals surface area contributed by atoms with Gasteiger partial charge >= 0.3 is 0 Å². The zero-order chi connectivity index (χ0) is 10.3. The van der Waals surface area contributed by atoms with E-state index < -0.39 is 0 Å². The third kappa shape index (κ3) is 1.38. The average molecular weight is 222 g/mol. The molecule has 15 heavy (non-hydrogen) atoms. The Morgan fingerprint density at radius 3 is 3.33 bits per heavy atom. The largest absolute Gasteiger partial charge is 0.462 e. The van der Waals surface area contributed by atoms with Crippen molar-refractivity contribution in [2.45, 2.75) is 12.5 Å². The zero-order valence-corrected chi connectivity index (χ0v) is 8.87. The van der Waals surface area contributed by atoms with Gasteiger partial charge in [0.25, 0.3) is 5.56 Å². The van der Waals surface area contributed by atoms with E-state index in [4.69, 9.17) is 4.42 Å². The SMILES string of the molecule is O=c1c2ccoc2cnn1C1CCSC1. The van der Waals surface area contributed by atoms with Crippen LogP contribution in [0.15, 0.2) is 27.7 Å². The summed E-state index contributed by atoms with van der Waals surface area (Å²) in [5.74, 6) is 2.10. The normalized spacial score (nSPS) is 21.2. The van der Waals surface area contributed by atoms with E-state index >= 15 is 0 Å². The highest BCUT2D eigenvalue weighted by molar-refractivity contribution is 7.99. The molecule has 0 amide bonds. The Kier molecular flexibility index (Phi) is 2.05. The molecule has 1 unspecified atom stereocenters. The fourth-order valence-electron chi connectivity index (χ4n) is 1.86. The first-order valence-electron chi connectivity index (χ1n) is 4.89. The molecule has 0 spiro atoms. The van der Waals surface area contributed by atoms with Gasteiger partial charge in [-0.2, -0.15) is 16.9 Å². The quantitative estimate of drug-likeness (QED) is 0.736. The van der Waals surface area contributed by atoms with E-state index in [-0.39, 0.29) is 11.6 Å². The summed E-state index contributed by atoms with van der Waals surface area (Å²) in [6.45, 7) is 0. The smallest absolute Gasteiger partial charge is 0.278 e. The van der Waals surface area contributed by atoms with Gasteiger partial charge in [0.1, 0.15) is 0 Å². The number of nitrogens with zero attached hydrogens (tertiary/aromatic N) is 2. The van der Waals surface area contributed by atoms with Crippen LogP contribution >= 0.6 is 11.8 Å². The maximum absolute atomic E-state index is 12.0. The van der Waals surface area contributed by atoms with Gasteiger partial charge in [-0.1, -0.05) is 0 Å². The summed E-state index contributed by atoms with van der Waals surface area (Å²) >= 11 is 1.87. The molecule has 1 aliphatic heterocycles. The maximum atomic E-state index is 12.0. The molecule has 1 saturated heterocycles. The van der Waals surface area contributed by atoms with Gasteiger partial charge in [0, 0.05) is 5.75 Å². The lowest BCUT2D eigenvalue weighted by atomic mass is 10.2. The molecule has 1 fully saturated rings. The number of fused-ring (bicyclic) bond motifs is 1. The Balaban J connectivity index is 2.18. The van der Waals surface area contributed by atoms with Crippen molar-refractivity contribution in [2.75, 3.05) is 11.5 Å². The fraction of sp³-hybridized carbons (Fsp3) is 0.400. The van der Waals surface area contributed by atoms with E-state index in [0.717, 1.165) is 17.9 Å². The molecule has 4 nitrogen and oxygen atoms in total. The Bertz CT molecular complexity index is 540.